The summed E-state index contributed by atoms with van der Waals surface area (Å²) >= 11 is 0. The summed E-state index contributed by atoms with van der Waals surface area (Å²) in [4.78, 5) is -0.0302. The van der Waals surface area contributed by atoms with E-state index in [9.17, 15) is 12.8 Å². The minimum atomic E-state index is -3.63. The first kappa shape index (κ1) is 16.4. The van der Waals surface area contributed by atoms with Crippen LogP contribution in [0.2, 0.25) is 0 Å². The van der Waals surface area contributed by atoms with Gasteiger partial charge in [-0.3, -0.25) is 0 Å². The Balaban J connectivity index is 0.00000180. The van der Waals surface area contributed by atoms with E-state index in [1.807, 2.05) is 0 Å². The average Bonchev–Trinajstić information content (AvgIpc) is 2.32. The first-order valence-corrected chi connectivity index (χ1v) is 7.49. The maximum Gasteiger partial charge on any atom is 0.240 e. The third kappa shape index (κ3) is 4.42. The van der Waals surface area contributed by atoms with Crippen LogP contribution in [0.25, 0.3) is 0 Å². The van der Waals surface area contributed by atoms with Gasteiger partial charge in [0.25, 0.3) is 0 Å². The lowest BCUT2D eigenvalue weighted by atomic mass is 9.93. The van der Waals surface area contributed by atoms with Crippen molar-refractivity contribution in [2.24, 2.45) is 5.73 Å². The lowest BCUT2D eigenvalue weighted by Crippen LogP contribution is -2.40. The van der Waals surface area contributed by atoms with E-state index in [-0.39, 0.29) is 29.4 Å². The summed E-state index contributed by atoms with van der Waals surface area (Å²) in [6.45, 7) is 0. The van der Waals surface area contributed by atoms with Gasteiger partial charge in [-0.15, -0.1) is 12.4 Å². The quantitative estimate of drug-likeness (QED) is 0.894. The monoisotopic (exact) mass is 308 g/mol. The molecule has 108 valence electrons. The van der Waals surface area contributed by atoms with E-state index in [0.29, 0.717) is 0 Å². The molecule has 7 heteroatoms. The normalized spacial score (nSPS) is 23.7. The van der Waals surface area contributed by atoms with Gasteiger partial charge < -0.3 is 5.73 Å². The molecule has 0 unspecified atom stereocenters. The number of benzene rings is 1. The molecule has 1 aromatic carbocycles. The molecule has 0 radical (unpaired) electrons. The minimum Gasteiger partial charge on any atom is -0.328 e. The van der Waals surface area contributed by atoms with Crippen LogP contribution in [0.3, 0.4) is 0 Å². The van der Waals surface area contributed by atoms with Crippen molar-refractivity contribution in [1.29, 1.82) is 0 Å². The summed E-state index contributed by atoms with van der Waals surface area (Å²) < 4.78 is 39.7. The molecule has 1 saturated carbocycles. The van der Waals surface area contributed by atoms with Gasteiger partial charge in [0.05, 0.1) is 4.90 Å². The zero-order valence-electron chi connectivity index (χ0n) is 10.4. The van der Waals surface area contributed by atoms with Crippen molar-refractivity contribution in [2.45, 2.75) is 42.7 Å². The number of halogens is 2. The van der Waals surface area contributed by atoms with E-state index in [4.69, 9.17) is 5.73 Å². The van der Waals surface area contributed by atoms with Crippen LogP contribution in [0.5, 0.6) is 0 Å². The molecule has 1 fully saturated rings. The molecule has 0 spiro atoms. The molecule has 0 bridgehead atoms. The van der Waals surface area contributed by atoms with Crippen molar-refractivity contribution < 1.29 is 12.8 Å². The van der Waals surface area contributed by atoms with Gasteiger partial charge in [0.15, 0.2) is 0 Å². The topological polar surface area (TPSA) is 72.2 Å². The maximum atomic E-state index is 13.0. The fourth-order valence-electron chi connectivity index (χ4n) is 2.16. The number of hydrogen-bond donors (Lipinski definition) is 2. The predicted molar refractivity (Wildman–Crippen MR) is 74.2 cm³/mol. The smallest absolute Gasteiger partial charge is 0.240 e. The van der Waals surface area contributed by atoms with Crippen LogP contribution in [-0.2, 0) is 10.0 Å². The van der Waals surface area contributed by atoms with Crippen molar-refractivity contribution in [3.05, 3.63) is 30.1 Å². The summed E-state index contributed by atoms with van der Waals surface area (Å²) in [5, 5.41) is 0. The first-order valence-electron chi connectivity index (χ1n) is 6.01. The standard InChI is InChI=1S/C12H17FN2O2S.ClH/c13-9-2-1-3-12(8-9)18(16,17)15-11-6-4-10(14)5-7-11;/h1-3,8,10-11,15H,4-7,14H2;1H. The fraction of sp³-hybridized carbons (Fsp3) is 0.500. The summed E-state index contributed by atoms with van der Waals surface area (Å²) in [7, 11) is -3.63. The molecule has 1 aromatic rings. The number of nitrogens with two attached hydrogens (primary N) is 1. The van der Waals surface area contributed by atoms with Gasteiger partial charge >= 0.3 is 0 Å². The van der Waals surface area contributed by atoms with Crippen LogP contribution in [0, 0.1) is 5.82 Å². The molecule has 3 N–H and O–H groups in total. The molecule has 0 saturated heterocycles. The maximum absolute atomic E-state index is 13.0. The third-order valence-corrected chi connectivity index (χ3v) is 4.72. The Morgan fingerprint density at radius 1 is 1.21 bits per heavy atom. The molecule has 0 amide bonds. The van der Waals surface area contributed by atoms with Gasteiger partial charge in [-0.2, -0.15) is 0 Å². The Morgan fingerprint density at radius 3 is 2.42 bits per heavy atom. The van der Waals surface area contributed by atoms with Crippen molar-refractivity contribution in [3.63, 3.8) is 0 Å². The highest BCUT2D eigenvalue weighted by molar-refractivity contribution is 7.89. The van der Waals surface area contributed by atoms with E-state index in [1.165, 1.54) is 18.2 Å². The number of sulfonamides is 1. The second kappa shape index (κ2) is 6.65. The van der Waals surface area contributed by atoms with Crippen LogP contribution in [0.1, 0.15) is 25.7 Å². The van der Waals surface area contributed by atoms with E-state index in [1.54, 1.807) is 0 Å². The van der Waals surface area contributed by atoms with E-state index >= 15 is 0 Å². The van der Waals surface area contributed by atoms with Crippen LogP contribution in [0.15, 0.2) is 29.2 Å². The summed E-state index contributed by atoms with van der Waals surface area (Å²) in [6, 6.07) is 5.09. The third-order valence-electron chi connectivity index (χ3n) is 3.20. The second-order valence-electron chi connectivity index (χ2n) is 4.69. The molecule has 4 nitrogen and oxygen atoms in total. The van der Waals surface area contributed by atoms with Crippen molar-refractivity contribution >= 4 is 22.4 Å². The van der Waals surface area contributed by atoms with Crippen molar-refractivity contribution in [3.8, 4) is 0 Å². The fourth-order valence-corrected chi connectivity index (χ4v) is 3.49. The molecule has 1 aliphatic rings. The zero-order valence-corrected chi connectivity index (χ0v) is 12.0. The Labute approximate surface area is 119 Å². The van der Waals surface area contributed by atoms with Crippen LogP contribution < -0.4 is 10.5 Å². The number of hydrogen-bond acceptors (Lipinski definition) is 3. The summed E-state index contributed by atoms with van der Waals surface area (Å²) in [6.07, 6.45) is 3.10. The second-order valence-corrected chi connectivity index (χ2v) is 6.40. The lowest BCUT2D eigenvalue weighted by molar-refractivity contribution is 0.373. The van der Waals surface area contributed by atoms with Crippen LogP contribution in [0.4, 0.5) is 4.39 Å². The largest absolute Gasteiger partial charge is 0.328 e. The van der Waals surface area contributed by atoms with Gasteiger partial charge in [-0.05, 0) is 43.9 Å². The van der Waals surface area contributed by atoms with Crippen molar-refractivity contribution in [2.75, 3.05) is 0 Å². The zero-order chi connectivity index (χ0) is 13.2. The molecule has 1 aliphatic carbocycles. The highest BCUT2D eigenvalue weighted by atomic mass is 35.5. The molecule has 2 rings (SSSR count). The molecule has 0 heterocycles. The van der Waals surface area contributed by atoms with Crippen LogP contribution >= 0.6 is 12.4 Å². The van der Waals surface area contributed by atoms with Crippen LogP contribution in [-0.4, -0.2) is 20.5 Å². The van der Waals surface area contributed by atoms with Crippen molar-refractivity contribution in [1.82, 2.24) is 4.72 Å². The highest BCUT2D eigenvalue weighted by Crippen LogP contribution is 2.19. The Kier molecular flexibility index (Phi) is 5.73. The molecule has 0 aromatic heterocycles. The first-order chi connectivity index (χ1) is 8.47. The SMILES string of the molecule is Cl.NC1CCC(NS(=O)(=O)c2cccc(F)c2)CC1. The van der Waals surface area contributed by atoms with E-state index in [0.717, 1.165) is 31.7 Å². The van der Waals surface area contributed by atoms with E-state index in [2.05, 4.69) is 4.72 Å². The predicted octanol–water partition coefficient (Wildman–Crippen LogP) is 1.80. The molecule has 19 heavy (non-hydrogen) atoms. The van der Waals surface area contributed by atoms with Gasteiger partial charge in [0.1, 0.15) is 5.82 Å². The minimum absolute atomic E-state index is 0. The summed E-state index contributed by atoms with van der Waals surface area (Å²) in [5.74, 6) is -0.552. The number of nitrogens with one attached hydrogen (secondary N) is 1. The van der Waals surface area contributed by atoms with E-state index < -0.39 is 15.8 Å². The Bertz CT molecular complexity index is 516. The lowest BCUT2D eigenvalue weighted by Gasteiger charge is -2.26. The molecule has 0 atom stereocenters. The Hall–Kier alpha value is -0.690. The number of rotatable bonds is 3. The van der Waals surface area contributed by atoms with Gasteiger partial charge in [0, 0.05) is 12.1 Å². The Morgan fingerprint density at radius 2 is 1.84 bits per heavy atom. The summed E-state index contributed by atoms with van der Waals surface area (Å²) in [5.41, 5.74) is 5.76. The molecule has 0 aliphatic heterocycles. The van der Waals surface area contributed by atoms with Gasteiger partial charge in [0.2, 0.25) is 10.0 Å². The molecular formula is C12H18ClFN2O2S. The molecular weight excluding hydrogens is 291 g/mol. The van der Waals surface area contributed by atoms with Gasteiger partial charge in [-0.25, -0.2) is 17.5 Å². The van der Waals surface area contributed by atoms with Gasteiger partial charge in [-0.1, -0.05) is 6.07 Å². The highest BCUT2D eigenvalue weighted by Gasteiger charge is 2.24. The average molecular weight is 309 g/mol.